The van der Waals surface area contributed by atoms with Crippen molar-refractivity contribution in [1.82, 2.24) is 14.9 Å². The fourth-order valence-electron chi connectivity index (χ4n) is 1.79. The van der Waals surface area contributed by atoms with E-state index in [9.17, 15) is 0 Å². The van der Waals surface area contributed by atoms with Crippen LogP contribution in [-0.2, 0) is 13.6 Å². The highest BCUT2D eigenvalue weighted by atomic mass is 79.9. The molecule has 0 aliphatic carbocycles. The number of halogens is 1. The molecule has 2 aromatic rings. The summed E-state index contributed by atoms with van der Waals surface area (Å²) in [4.78, 5) is 4.64. The van der Waals surface area contributed by atoms with Gasteiger partial charge < -0.3 is 14.6 Å². The molecule has 0 saturated heterocycles. The molecule has 5 heteroatoms. The fraction of sp³-hybridized carbons (Fsp3) is 0.308. The molecular formula is C13H16BrN3O. The van der Waals surface area contributed by atoms with E-state index in [0.29, 0.717) is 0 Å². The van der Waals surface area contributed by atoms with Crippen LogP contribution >= 0.6 is 15.9 Å². The highest BCUT2D eigenvalue weighted by Gasteiger charge is 2.13. The molecule has 0 atom stereocenters. The molecule has 1 aromatic carbocycles. The number of ether oxygens (including phenoxy) is 1. The molecule has 0 radical (unpaired) electrons. The lowest BCUT2D eigenvalue weighted by Crippen LogP contribution is -2.10. The molecular weight excluding hydrogens is 294 g/mol. The summed E-state index contributed by atoms with van der Waals surface area (Å²) in [6.07, 6.45) is 0. The van der Waals surface area contributed by atoms with Gasteiger partial charge >= 0.3 is 0 Å². The zero-order chi connectivity index (χ0) is 13.1. The van der Waals surface area contributed by atoms with Gasteiger partial charge in [-0.1, -0.05) is 12.1 Å². The zero-order valence-electron chi connectivity index (χ0n) is 10.7. The van der Waals surface area contributed by atoms with Gasteiger partial charge in [-0.15, -0.1) is 0 Å². The highest BCUT2D eigenvalue weighted by Crippen LogP contribution is 2.30. The maximum Gasteiger partial charge on any atom is 0.124 e. The largest absolute Gasteiger partial charge is 0.497 e. The first kappa shape index (κ1) is 13.1. The predicted octanol–water partition coefficient (Wildman–Crippen LogP) is 2.58. The minimum atomic E-state index is 0.735. The van der Waals surface area contributed by atoms with Gasteiger partial charge in [0.05, 0.1) is 13.7 Å². The number of hydrogen-bond donors (Lipinski definition) is 1. The Morgan fingerprint density at radius 3 is 2.89 bits per heavy atom. The summed E-state index contributed by atoms with van der Waals surface area (Å²) < 4.78 is 8.24. The molecule has 0 spiro atoms. The summed E-state index contributed by atoms with van der Waals surface area (Å²) in [5.41, 5.74) is 1.97. The molecule has 0 aliphatic rings. The van der Waals surface area contributed by atoms with Gasteiger partial charge in [0.25, 0.3) is 0 Å². The third-order valence-corrected chi connectivity index (χ3v) is 3.70. The van der Waals surface area contributed by atoms with Crippen LogP contribution in [0.4, 0.5) is 0 Å². The molecule has 1 aromatic heterocycles. The summed E-state index contributed by atoms with van der Waals surface area (Å²) in [6, 6.07) is 7.90. The lowest BCUT2D eigenvalue weighted by atomic mass is 10.1. The smallest absolute Gasteiger partial charge is 0.124 e. The molecule has 0 aliphatic heterocycles. The first-order valence-electron chi connectivity index (χ1n) is 5.67. The molecule has 2 rings (SSSR count). The standard InChI is InChI=1S/C13H16BrN3O/c1-15-8-11-16-12(13(14)17(11)2)9-5-4-6-10(7-9)18-3/h4-7,15H,8H2,1-3H3. The van der Waals surface area contributed by atoms with Crippen LogP contribution in [0.1, 0.15) is 5.82 Å². The van der Waals surface area contributed by atoms with Gasteiger partial charge in [0, 0.05) is 12.6 Å². The Morgan fingerprint density at radius 1 is 1.44 bits per heavy atom. The second kappa shape index (κ2) is 5.54. The average molecular weight is 310 g/mol. The first-order chi connectivity index (χ1) is 8.67. The van der Waals surface area contributed by atoms with E-state index in [1.54, 1.807) is 7.11 Å². The Balaban J connectivity index is 2.46. The molecule has 18 heavy (non-hydrogen) atoms. The van der Waals surface area contributed by atoms with E-state index in [1.807, 2.05) is 42.9 Å². The third-order valence-electron chi connectivity index (χ3n) is 2.80. The number of benzene rings is 1. The molecule has 1 heterocycles. The number of rotatable bonds is 4. The summed E-state index contributed by atoms with van der Waals surface area (Å²) in [6.45, 7) is 0.735. The van der Waals surface area contributed by atoms with Crippen molar-refractivity contribution in [3.05, 3.63) is 34.7 Å². The summed E-state index contributed by atoms with van der Waals surface area (Å²) in [7, 11) is 5.57. The van der Waals surface area contributed by atoms with Crippen LogP contribution in [0.3, 0.4) is 0 Å². The van der Waals surface area contributed by atoms with E-state index in [4.69, 9.17) is 4.74 Å². The zero-order valence-corrected chi connectivity index (χ0v) is 12.3. The minimum absolute atomic E-state index is 0.735. The Kier molecular flexibility index (Phi) is 4.04. The average Bonchev–Trinajstić information content (AvgIpc) is 2.68. The monoisotopic (exact) mass is 309 g/mol. The van der Waals surface area contributed by atoms with Crippen molar-refractivity contribution in [1.29, 1.82) is 0 Å². The van der Waals surface area contributed by atoms with E-state index in [0.717, 1.165) is 34.0 Å². The maximum atomic E-state index is 5.24. The van der Waals surface area contributed by atoms with Crippen LogP contribution in [0, 0.1) is 0 Å². The summed E-state index contributed by atoms with van der Waals surface area (Å²) in [5.74, 6) is 1.82. The molecule has 4 nitrogen and oxygen atoms in total. The number of nitrogens with one attached hydrogen (secondary N) is 1. The van der Waals surface area contributed by atoms with Crippen LogP contribution in [0.25, 0.3) is 11.3 Å². The second-order valence-electron chi connectivity index (χ2n) is 3.99. The number of imidazole rings is 1. The Labute approximate surface area is 115 Å². The van der Waals surface area contributed by atoms with Crippen LogP contribution in [-0.4, -0.2) is 23.7 Å². The highest BCUT2D eigenvalue weighted by molar-refractivity contribution is 9.10. The van der Waals surface area contributed by atoms with Crippen molar-refractivity contribution >= 4 is 15.9 Å². The Morgan fingerprint density at radius 2 is 2.22 bits per heavy atom. The van der Waals surface area contributed by atoms with E-state index in [-0.39, 0.29) is 0 Å². The molecule has 0 fully saturated rings. The van der Waals surface area contributed by atoms with E-state index in [2.05, 4.69) is 26.2 Å². The second-order valence-corrected chi connectivity index (χ2v) is 4.74. The summed E-state index contributed by atoms with van der Waals surface area (Å²) in [5, 5.41) is 3.11. The quantitative estimate of drug-likeness (QED) is 0.943. The Bertz CT molecular complexity index is 551. The topological polar surface area (TPSA) is 39.1 Å². The molecule has 0 saturated carbocycles. The van der Waals surface area contributed by atoms with Crippen LogP contribution < -0.4 is 10.1 Å². The van der Waals surface area contributed by atoms with Gasteiger partial charge in [-0.3, -0.25) is 0 Å². The van der Waals surface area contributed by atoms with Gasteiger partial charge in [-0.25, -0.2) is 4.98 Å². The van der Waals surface area contributed by atoms with Gasteiger partial charge in [0.15, 0.2) is 0 Å². The lowest BCUT2D eigenvalue weighted by Gasteiger charge is -2.02. The maximum absolute atomic E-state index is 5.24. The first-order valence-corrected chi connectivity index (χ1v) is 6.46. The van der Waals surface area contributed by atoms with E-state index in [1.165, 1.54) is 0 Å². The van der Waals surface area contributed by atoms with Gasteiger partial charge in [-0.2, -0.15) is 0 Å². The van der Waals surface area contributed by atoms with Crippen molar-refractivity contribution in [3.63, 3.8) is 0 Å². The van der Waals surface area contributed by atoms with Crippen LogP contribution in [0.5, 0.6) is 5.75 Å². The summed E-state index contributed by atoms with van der Waals surface area (Å²) >= 11 is 3.59. The fourth-order valence-corrected chi connectivity index (χ4v) is 2.31. The van der Waals surface area contributed by atoms with Crippen molar-refractivity contribution in [2.45, 2.75) is 6.54 Å². The van der Waals surface area contributed by atoms with Gasteiger partial charge in [0.2, 0.25) is 0 Å². The number of hydrogen-bond acceptors (Lipinski definition) is 3. The van der Waals surface area contributed by atoms with Crippen molar-refractivity contribution in [2.75, 3.05) is 14.2 Å². The van der Waals surface area contributed by atoms with E-state index < -0.39 is 0 Å². The van der Waals surface area contributed by atoms with Crippen molar-refractivity contribution < 1.29 is 4.74 Å². The molecule has 0 unspecified atom stereocenters. The minimum Gasteiger partial charge on any atom is -0.497 e. The molecule has 0 amide bonds. The normalized spacial score (nSPS) is 10.7. The van der Waals surface area contributed by atoms with Crippen molar-refractivity contribution in [2.24, 2.45) is 7.05 Å². The van der Waals surface area contributed by atoms with Crippen LogP contribution in [0.15, 0.2) is 28.9 Å². The molecule has 1 N–H and O–H groups in total. The van der Waals surface area contributed by atoms with Gasteiger partial charge in [-0.05, 0) is 35.1 Å². The third kappa shape index (κ3) is 2.42. The molecule has 96 valence electrons. The van der Waals surface area contributed by atoms with Crippen LogP contribution in [0.2, 0.25) is 0 Å². The van der Waals surface area contributed by atoms with E-state index >= 15 is 0 Å². The number of aromatic nitrogens is 2. The predicted molar refractivity (Wildman–Crippen MR) is 75.7 cm³/mol. The van der Waals surface area contributed by atoms with Gasteiger partial charge in [0.1, 0.15) is 21.9 Å². The van der Waals surface area contributed by atoms with Crippen molar-refractivity contribution in [3.8, 4) is 17.0 Å². The number of methoxy groups -OCH3 is 1. The molecule has 0 bridgehead atoms. The SMILES string of the molecule is CNCc1nc(-c2cccc(OC)c2)c(Br)n1C. The number of nitrogens with zero attached hydrogens (tertiary/aromatic N) is 2. The lowest BCUT2D eigenvalue weighted by molar-refractivity contribution is 0.415. The Hall–Kier alpha value is -1.33.